The van der Waals surface area contributed by atoms with Gasteiger partial charge >= 0.3 is 12.1 Å². The number of tetrazole rings is 1. The van der Waals surface area contributed by atoms with Crippen LogP contribution in [0.4, 0.5) is 18.9 Å². The van der Waals surface area contributed by atoms with E-state index in [2.05, 4.69) is 35.5 Å². The maximum atomic E-state index is 12.6. The average Bonchev–Trinajstić information content (AvgIpc) is 3.32. The highest BCUT2D eigenvalue weighted by Crippen LogP contribution is 2.27. The monoisotopic (exact) mass is 465 g/mol. The molecule has 166 valence electrons. The van der Waals surface area contributed by atoms with E-state index in [1.165, 1.54) is 16.8 Å². The van der Waals surface area contributed by atoms with Crippen LogP contribution in [-0.2, 0) is 4.79 Å². The van der Waals surface area contributed by atoms with E-state index in [1.807, 2.05) is 0 Å². The molecule has 2 aromatic heterocycles. The molecule has 32 heavy (non-hydrogen) atoms. The molecule has 1 atom stereocenters. The number of nitrogens with one attached hydrogen (secondary N) is 3. The van der Waals surface area contributed by atoms with Crippen molar-refractivity contribution in [3.63, 3.8) is 0 Å². The largest absolute Gasteiger partial charge is 0.573 e. The first kappa shape index (κ1) is 21.4. The zero-order valence-corrected chi connectivity index (χ0v) is 17.0. The van der Waals surface area contributed by atoms with E-state index in [0.717, 1.165) is 23.9 Å². The first-order valence-electron chi connectivity index (χ1n) is 9.02. The summed E-state index contributed by atoms with van der Waals surface area (Å²) >= 11 is 1.06. The van der Waals surface area contributed by atoms with Crippen LogP contribution in [0.1, 0.15) is 6.92 Å². The van der Waals surface area contributed by atoms with Crippen LogP contribution in [0.5, 0.6) is 5.75 Å². The number of H-pyrrole nitrogens is 2. The third-order valence-electron chi connectivity index (χ3n) is 4.19. The van der Waals surface area contributed by atoms with Gasteiger partial charge in [0.25, 0.3) is 0 Å². The van der Waals surface area contributed by atoms with Gasteiger partial charge in [-0.05, 0) is 59.8 Å². The normalized spacial score (nSPS) is 12.6. The summed E-state index contributed by atoms with van der Waals surface area (Å²) in [6, 6.07) is 9.92. The predicted octanol–water partition coefficient (Wildman–Crippen LogP) is 2.85. The van der Waals surface area contributed by atoms with E-state index in [-0.39, 0.29) is 22.5 Å². The number of alkyl halides is 3. The lowest BCUT2D eigenvalue weighted by molar-refractivity contribution is -0.274. The smallest absolute Gasteiger partial charge is 0.406 e. The van der Waals surface area contributed by atoms with Crippen LogP contribution in [-0.4, -0.2) is 47.7 Å². The Kier molecular flexibility index (Phi) is 5.61. The number of nitrogens with zero attached hydrogens (tertiary/aromatic N) is 4. The van der Waals surface area contributed by atoms with Gasteiger partial charge in [0.05, 0.1) is 22.0 Å². The fraction of sp³-hybridized carbons (Fsp3) is 0.167. The van der Waals surface area contributed by atoms with Crippen molar-refractivity contribution in [3.8, 4) is 11.4 Å². The van der Waals surface area contributed by atoms with Gasteiger partial charge in [0.1, 0.15) is 5.75 Å². The van der Waals surface area contributed by atoms with Crippen molar-refractivity contribution in [2.75, 3.05) is 5.32 Å². The van der Waals surface area contributed by atoms with Crippen LogP contribution in [0.3, 0.4) is 0 Å². The van der Waals surface area contributed by atoms with Crippen LogP contribution >= 0.6 is 11.8 Å². The van der Waals surface area contributed by atoms with Crippen molar-refractivity contribution >= 4 is 34.4 Å². The number of aromatic amines is 2. The minimum Gasteiger partial charge on any atom is -0.406 e. The molecule has 0 spiro atoms. The van der Waals surface area contributed by atoms with Crippen molar-refractivity contribution in [1.29, 1.82) is 0 Å². The number of ether oxygens (including phenoxy) is 1. The number of imidazole rings is 1. The summed E-state index contributed by atoms with van der Waals surface area (Å²) in [6.45, 7) is 1.65. The molecule has 1 unspecified atom stereocenters. The second-order valence-corrected chi connectivity index (χ2v) is 7.81. The SMILES string of the molecule is CC(Sc1nnnn1-c1ccc(OC(F)(F)F)cc1)C(=O)Nc1ccc2[nH]c(=O)[nH]c2c1. The molecule has 0 aliphatic heterocycles. The number of fused-ring (bicyclic) bond motifs is 1. The number of anilines is 1. The maximum Gasteiger partial charge on any atom is 0.573 e. The van der Waals surface area contributed by atoms with Gasteiger partial charge in [0.15, 0.2) is 0 Å². The third kappa shape index (κ3) is 4.91. The summed E-state index contributed by atoms with van der Waals surface area (Å²) in [4.78, 5) is 29.2. The lowest BCUT2D eigenvalue weighted by atomic mass is 10.2. The van der Waals surface area contributed by atoms with E-state index >= 15 is 0 Å². The highest BCUT2D eigenvalue weighted by Gasteiger charge is 2.31. The number of halogens is 3. The minimum atomic E-state index is -4.79. The zero-order chi connectivity index (χ0) is 22.9. The number of rotatable bonds is 6. The quantitative estimate of drug-likeness (QED) is 0.373. The number of hydrogen-bond acceptors (Lipinski definition) is 7. The van der Waals surface area contributed by atoms with Crippen molar-refractivity contribution < 1.29 is 22.7 Å². The van der Waals surface area contributed by atoms with E-state index in [0.29, 0.717) is 22.4 Å². The van der Waals surface area contributed by atoms with Gasteiger partial charge in [-0.25, -0.2) is 4.79 Å². The molecule has 3 N–H and O–H groups in total. The molecular weight excluding hydrogens is 451 g/mol. The average molecular weight is 465 g/mol. The molecule has 2 aromatic carbocycles. The molecule has 0 radical (unpaired) electrons. The molecule has 10 nitrogen and oxygen atoms in total. The van der Waals surface area contributed by atoms with E-state index in [9.17, 15) is 22.8 Å². The molecular formula is C18H14F3N7O3S. The standard InChI is InChI=1S/C18H14F3N7O3S/c1-9(15(29)22-10-2-7-13-14(8-10)24-16(30)23-13)32-17-25-26-27-28(17)11-3-5-12(6-4-11)31-18(19,20)21/h2-9H,1H3,(H,22,29)(H2,23,24,30). The zero-order valence-electron chi connectivity index (χ0n) is 16.2. The van der Waals surface area contributed by atoms with Gasteiger partial charge in [-0.3, -0.25) is 4.79 Å². The van der Waals surface area contributed by atoms with Gasteiger partial charge in [0, 0.05) is 5.69 Å². The summed E-state index contributed by atoms with van der Waals surface area (Å²) in [7, 11) is 0. The minimum absolute atomic E-state index is 0.266. The van der Waals surface area contributed by atoms with Crippen LogP contribution in [0.2, 0.25) is 0 Å². The number of carbonyl (C=O) groups is 1. The number of hydrogen-bond donors (Lipinski definition) is 3. The predicted molar refractivity (Wildman–Crippen MR) is 109 cm³/mol. The Hall–Kier alpha value is -3.81. The fourth-order valence-electron chi connectivity index (χ4n) is 2.77. The summed E-state index contributed by atoms with van der Waals surface area (Å²) in [5.74, 6) is -0.715. The van der Waals surface area contributed by atoms with Crippen LogP contribution in [0, 0.1) is 0 Å². The number of thioether (sulfide) groups is 1. The number of carbonyl (C=O) groups excluding carboxylic acids is 1. The highest BCUT2D eigenvalue weighted by molar-refractivity contribution is 8.00. The van der Waals surface area contributed by atoms with Crippen molar-refractivity contribution in [3.05, 3.63) is 52.9 Å². The molecule has 0 fully saturated rings. The molecule has 0 saturated carbocycles. The fourth-order valence-corrected chi connectivity index (χ4v) is 3.58. The summed E-state index contributed by atoms with van der Waals surface area (Å²) in [5.41, 5.74) is 1.69. The molecule has 4 aromatic rings. The Balaban J connectivity index is 1.44. The van der Waals surface area contributed by atoms with Crippen molar-refractivity contribution in [2.45, 2.75) is 23.7 Å². The molecule has 1 amide bonds. The summed E-state index contributed by atoms with van der Waals surface area (Å²) in [6.07, 6.45) is -4.79. The lowest BCUT2D eigenvalue weighted by Crippen LogP contribution is -2.22. The Labute approximate surface area is 181 Å². The maximum absolute atomic E-state index is 12.6. The molecule has 0 aliphatic rings. The van der Waals surface area contributed by atoms with Crippen LogP contribution in [0.15, 0.2) is 52.4 Å². The molecule has 0 bridgehead atoms. The van der Waals surface area contributed by atoms with Crippen LogP contribution < -0.4 is 15.7 Å². The van der Waals surface area contributed by atoms with Crippen LogP contribution in [0.25, 0.3) is 16.7 Å². The number of amides is 1. The molecule has 14 heteroatoms. The number of aromatic nitrogens is 6. The molecule has 2 heterocycles. The highest BCUT2D eigenvalue weighted by atomic mass is 32.2. The Morgan fingerprint density at radius 3 is 2.59 bits per heavy atom. The summed E-state index contributed by atoms with van der Waals surface area (Å²) < 4.78 is 42.1. The van der Waals surface area contributed by atoms with Gasteiger partial charge in [-0.2, -0.15) is 4.68 Å². The van der Waals surface area contributed by atoms with E-state index in [1.54, 1.807) is 25.1 Å². The third-order valence-corrected chi connectivity index (χ3v) is 5.22. The Morgan fingerprint density at radius 1 is 1.16 bits per heavy atom. The first-order chi connectivity index (χ1) is 15.2. The molecule has 0 aliphatic carbocycles. The van der Waals surface area contributed by atoms with Gasteiger partial charge < -0.3 is 20.0 Å². The van der Waals surface area contributed by atoms with Crippen molar-refractivity contribution in [1.82, 2.24) is 30.2 Å². The van der Waals surface area contributed by atoms with Gasteiger partial charge in [-0.1, -0.05) is 11.8 Å². The second kappa shape index (κ2) is 8.37. The lowest BCUT2D eigenvalue weighted by Gasteiger charge is -2.12. The molecule has 4 rings (SSSR count). The second-order valence-electron chi connectivity index (χ2n) is 6.50. The Morgan fingerprint density at radius 2 is 1.88 bits per heavy atom. The Bertz CT molecular complexity index is 1310. The summed E-state index contributed by atoms with van der Waals surface area (Å²) in [5, 5.41) is 13.7. The van der Waals surface area contributed by atoms with E-state index < -0.39 is 11.6 Å². The molecule has 0 saturated heterocycles. The van der Waals surface area contributed by atoms with Gasteiger partial charge in [-0.15, -0.1) is 18.3 Å². The van der Waals surface area contributed by atoms with Crippen molar-refractivity contribution in [2.24, 2.45) is 0 Å². The first-order valence-corrected chi connectivity index (χ1v) is 9.90. The topological polar surface area (TPSA) is 131 Å². The van der Waals surface area contributed by atoms with E-state index in [4.69, 9.17) is 0 Å². The van der Waals surface area contributed by atoms with Gasteiger partial charge in [0.2, 0.25) is 11.1 Å². The number of benzene rings is 2.